The van der Waals surface area contributed by atoms with Gasteiger partial charge in [0.1, 0.15) is 6.04 Å². The molecule has 4 rings (SSSR count). The summed E-state index contributed by atoms with van der Waals surface area (Å²) in [4.78, 5) is 0. The van der Waals surface area contributed by atoms with Gasteiger partial charge in [-0.3, -0.25) is 0 Å². The van der Waals surface area contributed by atoms with Crippen molar-refractivity contribution in [2.24, 2.45) is 5.41 Å². The normalized spacial score (nSPS) is 16.0. The number of hydrogen-bond acceptors (Lipinski definition) is 2. The lowest BCUT2D eigenvalue weighted by Crippen LogP contribution is -2.35. The molecule has 1 fully saturated rings. The monoisotopic (exact) mass is 496 g/mol. The SMILES string of the molecule is CC(C)(C)Cn1cc(C(NS(=O)(=O)C2CC2)C(F)F)c2ccc(-c3ccccc3C(F)F)cc21. The average Bonchev–Trinajstić information content (AvgIpc) is 3.56. The van der Waals surface area contributed by atoms with Crippen LogP contribution in [0.3, 0.4) is 0 Å². The molecule has 1 aliphatic carbocycles. The quantitative estimate of drug-likeness (QED) is 0.354. The predicted molar refractivity (Wildman–Crippen MR) is 126 cm³/mol. The highest BCUT2D eigenvalue weighted by atomic mass is 32.2. The third kappa shape index (κ3) is 5.15. The standard InChI is InChI=1S/C25H28F4N2O2S/c1-25(2,3)14-31-13-20(22(24(28)29)30-34(32,33)16-9-10-16)18-11-8-15(12-21(18)31)17-6-4-5-7-19(17)23(26)27/h4-8,11-13,16,22-24,30H,9-10,14H2,1-3H3. The van der Waals surface area contributed by atoms with E-state index in [1.165, 1.54) is 6.07 Å². The lowest BCUT2D eigenvalue weighted by atomic mass is 9.96. The summed E-state index contributed by atoms with van der Waals surface area (Å²) in [6.45, 7) is 6.45. The second kappa shape index (κ2) is 9.00. The zero-order valence-corrected chi connectivity index (χ0v) is 20.0. The Hall–Kier alpha value is -2.39. The van der Waals surface area contributed by atoms with Gasteiger partial charge in [0.15, 0.2) is 0 Å². The van der Waals surface area contributed by atoms with Gasteiger partial charge in [-0.15, -0.1) is 0 Å². The summed E-state index contributed by atoms with van der Waals surface area (Å²) in [5, 5.41) is -0.166. The van der Waals surface area contributed by atoms with E-state index in [-0.39, 0.29) is 16.5 Å². The fraction of sp³-hybridized carbons (Fsp3) is 0.440. The molecule has 1 N–H and O–H groups in total. The molecule has 0 saturated heterocycles. The number of hydrogen-bond donors (Lipinski definition) is 1. The van der Waals surface area contributed by atoms with Crippen LogP contribution in [-0.2, 0) is 16.6 Å². The van der Waals surface area contributed by atoms with Crippen molar-refractivity contribution < 1.29 is 26.0 Å². The van der Waals surface area contributed by atoms with Gasteiger partial charge < -0.3 is 4.57 Å². The molecule has 34 heavy (non-hydrogen) atoms. The number of sulfonamides is 1. The Morgan fingerprint density at radius 3 is 2.29 bits per heavy atom. The van der Waals surface area contributed by atoms with Crippen LogP contribution in [0.1, 0.15) is 57.2 Å². The Bertz CT molecular complexity index is 1290. The van der Waals surface area contributed by atoms with Crippen LogP contribution in [-0.4, -0.2) is 24.7 Å². The molecule has 0 bridgehead atoms. The molecule has 0 amide bonds. The average molecular weight is 497 g/mol. The Morgan fingerprint density at radius 2 is 1.71 bits per heavy atom. The van der Waals surface area contributed by atoms with Crippen LogP contribution in [0.25, 0.3) is 22.0 Å². The minimum atomic E-state index is -3.86. The van der Waals surface area contributed by atoms with Gasteiger partial charge in [-0.2, -0.15) is 0 Å². The number of halogens is 4. The first-order valence-electron chi connectivity index (χ1n) is 11.2. The maximum atomic E-state index is 14.1. The zero-order valence-electron chi connectivity index (χ0n) is 19.2. The molecular weight excluding hydrogens is 468 g/mol. The first kappa shape index (κ1) is 24.7. The largest absolute Gasteiger partial charge is 0.347 e. The summed E-state index contributed by atoms with van der Waals surface area (Å²) in [5.74, 6) is 0. The third-order valence-electron chi connectivity index (χ3n) is 5.91. The van der Waals surface area contributed by atoms with Gasteiger partial charge >= 0.3 is 0 Å². The van der Waals surface area contributed by atoms with Crippen LogP contribution >= 0.6 is 0 Å². The first-order chi connectivity index (χ1) is 15.9. The van der Waals surface area contributed by atoms with Crippen LogP contribution in [0.2, 0.25) is 0 Å². The minimum absolute atomic E-state index is 0.112. The van der Waals surface area contributed by atoms with Crippen molar-refractivity contribution in [2.75, 3.05) is 0 Å². The van der Waals surface area contributed by atoms with Crippen molar-refractivity contribution in [1.82, 2.24) is 9.29 Å². The molecule has 2 aromatic carbocycles. The fourth-order valence-electron chi connectivity index (χ4n) is 4.23. The Labute approximate surface area is 197 Å². The number of nitrogens with zero attached hydrogens (tertiary/aromatic N) is 1. The van der Waals surface area contributed by atoms with Gasteiger partial charge in [-0.1, -0.05) is 57.2 Å². The summed E-state index contributed by atoms with van der Waals surface area (Å²) in [6, 6.07) is 9.43. The summed E-state index contributed by atoms with van der Waals surface area (Å²) >= 11 is 0. The van der Waals surface area contributed by atoms with E-state index in [0.29, 0.717) is 41.4 Å². The highest BCUT2D eigenvalue weighted by molar-refractivity contribution is 7.90. The molecule has 9 heteroatoms. The molecule has 1 unspecified atom stereocenters. The van der Waals surface area contributed by atoms with Gasteiger partial charge in [0, 0.05) is 34.8 Å². The summed E-state index contributed by atoms with van der Waals surface area (Å²) in [7, 11) is -3.86. The highest BCUT2D eigenvalue weighted by Crippen LogP contribution is 2.38. The molecule has 3 aromatic rings. The second-order valence-electron chi connectivity index (χ2n) is 10.1. The smallest absolute Gasteiger partial charge is 0.264 e. The van der Waals surface area contributed by atoms with Gasteiger partial charge in [0.05, 0.1) is 5.25 Å². The lowest BCUT2D eigenvalue weighted by molar-refractivity contribution is 0.109. The van der Waals surface area contributed by atoms with Crippen molar-refractivity contribution in [3.63, 3.8) is 0 Å². The van der Waals surface area contributed by atoms with Crippen LogP contribution in [0, 0.1) is 5.41 Å². The molecule has 1 aromatic heterocycles. The number of nitrogens with one attached hydrogen (secondary N) is 1. The van der Waals surface area contributed by atoms with Crippen LogP contribution in [0.15, 0.2) is 48.7 Å². The van der Waals surface area contributed by atoms with E-state index in [9.17, 15) is 26.0 Å². The molecule has 1 heterocycles. The third-order valence-corrected chi connectivity index (χ3v) is 7.84. The number of benzene rings is 2. The summed E-state index contributed by atoms with van der Waals surface area (Å²) in [6.07, 6.45) is -3.14. The van der Waals surface area contributed by atoms with Crippen LogP contribution < -0.4 is 4.72 Å². The van der Waals surface area contributed by atoms with Crippen LogP contribution in [0.5, 0.6) is 0 Å². The second-order valence-corrected chi connectivity index (χ2v) is 12.1. The van der Waals surface area contributed by atoms with Crippen molar-refractivity contribution >= 4 is 20.9 Å². The highest BCUT2D eigenvalue weighted by Gasteiger charge is 2.40. The summed E-state index contributed by atoms with van der Waals surface area (Å²) in [5.41, 5.74) is 1.33. The topological polar surface area (TPSA) is 51.1 Å². The van der Waals surface area contributed by atoms with E-state index in [1.54, 1.807) is 47.2 Å². The lowest BCUT2D eigenvalue weighted by Gasteiger charge is -2.20. The molecule has 0 aliphatic heterocycles. The Balaban J connectivity index is 1.87. The van der Waals surface area contributed by atoms with Gasteiger partial charge in [0.25, 0.3) is 12.9 Å². The molecule has 1 saturated carbocycles. The van der Waals surface area contributed by atoms with E-state index in [0.717, 1.165) is 0 Å². The van der Waals surface area contributed by atoms with Gasteiger partial charge in [0.2, 0.25) is 10.0 Å². The molecule has 0 radical (unpaired) electrons. The fourth-order valence-corrected chi connectivity index (χ4v) is 5.76. The number of rotatable bonds is 8. The minimum Gasteiger partial charge on any atom is -0.347 e. The summed E-state index contributed by atoms with van der Waals surface area (Å²) < 4.78 is 84.5. The van der Waals surface area contributed by atoms with Gasteiger partial charge in [-0.25, -0.2) is 30.7 Å². The Kier molecular flexibility index (Phi) is 6.54. The van der Waals surface area contributed by atoms with Crippen molar-refractivity contribution in [1.29, 1.82) is 0 Å². The van der Waals surface area contributed by atoms with Crippen LogP contribution in [0.4, 0.5) is 17.6 Å². The van der Waals surface area contributed by atoms with E-state index in [4.69, 9.17) is 0 Å². The Morgan fingerprint density at radius 1 is 1.03 bits per heavy atom. The van der Waals surface area contributed by atoms with E-state index < -0.39 is 34.2 Å². The van der Waals surface area contributed by atoms with E-state index >= 15 is 0 Å². The van der Waals surface area contributed by atoms with Crippen molar-refractivity contribution in [3.8, 4) is 11.1 Å². The van der Waals surface area contributed by atoms with Crippen molar-refractivity contribution in [3.05, 3.63) is 59.8 Å². The maximum absolute atomic E-state index is 14.1. The van der Waals surface area contributed by atoms with Crippen molar-refractivity contribution in [2.45, 2.75) is 64.3 Å². The maximum Gasteiger partial charge on any atom is 0.264 e. The molecule has 4 nitrogen and oxygen atoms in total. The molecule has 184 valence electrons. The molecule has 0 spiro atoms. The number of fused-ring (bicyclic) bond motifs is 1. The van der Waals surface area contributed by atoms with Gasteiger partial charge in [-0.05, 0) is 35.4 Å². The number of alkyl halides is 4. The number of aromatic nitrogens is 1. The first-order valence-corrected chi connectivity index (χ1v) is 12.7. The molecule has 1 aliphatic rings. The predicted octanol–water partition coefficient (Wildman–Crippen LogP) is 6.68. The van der Waals surface area contributed by atoms with E-state index in [2.05, 4.69) is 4.72 Å². The molecular formula is C25H28F4N2O2S. The zero-order chi connectivity index (χ0) is 24.8. The van der Waals surface area contributed by atoms with E-state index in [1.807, 2.05) is 20.8 Å². The molecule has 1 atom stereocenters.